The molecule has 7 nitrogen and oxygen atoms in total. The molecule has 150 valence electrons. The Morgan fingerprint density at radius 3 is 2.52 bits per heavy atom. The number of halogens is 1. The molecule has 2 aliphatic rings. The van der Waals surface area contributed by atoms with Crippen LogP contribution in [-0.2, 0) is 16.1 Å². The first-order chi connectivity index (χ1) is 12.8. The fourth-order valence-corrected chi connectivity index (χ4v) is 3.28. The summed E-state index contributed by atoms with van der Waals surface area (Å²) in [6.45, 7) is 7.02. The molecule has 2 heterocycles. The quantitative estimate of drug-likeness (QED) is 0.361. The maximum absolute atomic E-state index is 11.8. The summed E-state index contributed by atoms with van der Waals surface area (Å²) in [6.07, 6.45) is 1.62. The highest BCUT2D eigenvalue weighted by Gasteiger charge is 2.21. The number of morpholine rings is 1. The van der Waals surface area contributed by atoms with Gasteiger partial charge in [-0.15, -0.1) is 24.0 Å². The third-order valence-electron chi connectivity index (χ3n) is 4.83. The van der Waals surface area contributed by atoms with E-state index in [2.05, 4.69) is 32.7 Å². The van der Waals surface area contributed by atoms with Crippen molar-refractivity contribution in [2.24, 2.45) is 4.99 Å². The lowest BCUT2D eigenvalue weighted by molar-refractivity contribution is -0.117. The molecule has 2 fully saturated rings. The number of guanidine groups is 1. The zero-order valence-electron chi connectivity index (χ0n) is 15.9. The van der Waals surface area contributed by atoms with E-state index in [1.165, 1.54) is 0 Å². The van der Waals surface area contributed by atoms with Gasteiger partial charge >= 0.3 is 0 Å². The standard InChI is InChI=1S/C19H29N5O2.HI/c1-20-19(21-8-10-23-11-13-26-14-12-23)22-15-16-4-6-17(7-5-16)24-9-2-3-18(24)25;/h4-7H,2-3,8-15H2,1H3,(H2,20,21,22);1H. The molecule has 0 saturated carbocycles. The molecule has 8 heteroatoms. The highest BCUT2D eigenvalue weighted by atomic mass is 127. The smallest absolute Gasteiger partial charge is 0.227 e. The number of ether oxygens (including phenoxy) is 1. The molecular formula is C19H30IN5O2. The number of nitrogens with zero attached hydrogens (tertiary/aromatic N) is 3. The summed E-state index contributed by atoms with van der Waals surface area (Å²) in [5, 5.41) is 6.69. The number of hydrogen-bond acceptors (Lipinski definition) is 4. The van der Waals surface area contributed by atoms with Gasteiger partial charge in [-0.25, -0.2) is 0 Å². The zero-order valence-corrected chi connectivity index (χ0v) is 18.3. The number of benzene rings is 1. The lowest BCUT2D eigenvalue weighted by Crippen LogP contribution is -2.44. The summed E-state index contributed by atoms with van der Waals surface area (Å²) in [5.74, 6) is 1.03. The van der Waals surface area contributed by atoms with Crippen LogP contribution in [0.2, 0.25) is 0 Å². The summed E-state index contributed by atoms with van der Waals surface area (Å²) in [7, 11) is 1.78. The Hall–Kier alpha value is -1.39. The highest BCUT2D eigenvalue weighted by molar-refractivity contribution is 14.0. The Morgan fingerprint density at radius 1 is 1.15 bits per heavy atom. The third-order valence-corrected chi connectivity index (χ3v) is 4.83. The molecule has 3 rings (SSSR count). The van der Waals surface area contributed by atoms with Crippen LogP contribution in [0, 0.1) is 0 Å². The van der Waals surface area contributed by atoms with Crippen LogP contribution < -0.4 is 15.5 Å². The average Bonchev–Trinajstić information content (AvgIpc) is 3.12. The van der Waals surface area contributed by atoms with Crippen LogP contribution in [-0.4, -0.2) is 69.8 Å². The first-order valence-electron chi connectivity index (χ1n) is 9.40. The molecule has 0 bridgehead atoms. The molecule has 0 aromatic heterocycles. The van der Waals surface area contributed by atoms with Crippen LogP contribution in [0.3, 0.4) is 0 Å². The number of carbonyl (C=O) groups excluding carboxylic acids is 1. The normalized spacial score (nSPS) is 18.3. The molecular weight excluding hydrogens is 457 g/mol. The predicted molar refractivity (Wildman–Crippen MR) is 119 cm³/mol. The van der Waals surface area contributed by atoms with Gasteiger partial charge in [0.15, 0.2) is 5.96 Å². The van der Waals surface area contributed by atoms with Crippen molar-refractivity contribution < 1.29 is 9.53 Å². The first-order valence-corrected chi connectivity index (χ1v) is 9.40. The second-order valence-electron chi connectivity index (χ2n) is 6.62. The molecule has 0 spiro atoms. The third kappa shape index (κ3) is 6.62. The fraction of sp³-hybridized carbons (Fsp3) is 0.579. The van der Waals surface area contributed by atoms with Crippen LogP contribution in [0.1, 0.15) is 18.4 Å². The van der Waals surface area contributed by atoms with E-state index in [4.69, 9.17) is 4.74 Å². The van der Waals surface area contributed by atoms with Crippen molar-refractivity contribution in [2.75, 3.05) is 57.9 Å². The van der Waals surface area contributed by atoms with Gasteiger partial charge in [0.25, 0.3) is 0 Å². The van der Waals surface area contributed by atoms with Crippen molar-refractivity contribution in [3.8, 4) is 0 Å². The lowest BCUT2D eigenvalue weighted by atomic mass is 10.2. The van der Waals surface area contributed by atoms with Crippen molar-refractivity contribution >= 4 is 41.5 Å². The van der Waals surface area contributed by atoms with E-state index in [0.29, 0.717) is 13.0 Å². The van der Waals surface area contributed by atoms with Crippen molar-refractivity contribution in [3.63, 3.8) is 0 Å². The number of aliphatic imine (C=N–C) groups is 1. The molecule has 0 unspecified atom stereocenters. The van der Waals surface area contributed by atoms with Crippen molar-refractivity contribution in [2.45, 2.75) is 19.4 Å². The van der Waals surface area contributed by atoms with Crippen LogP contribution >= 0.6 is 24.0 Å². The minimum absolute atomic E-state index is 0. The molecule has 2 saturated heterocycles. The SMILES string of the molecule is CN=C(NCCN1CCOCC1)NCc1ccc(N2CCCC2=O)cc1.I. The Morgan fingerprint density at radius 2 is 1.89 bits per heavy atom. The van der Waals surface area contributed by atoms with Crippen LogP contribution in [0.4, 0.5) is 5.69 Å². The van der Waals surface area contributed by atoms with Gasteiger partial charge in [0.05, 0.1) is 13.2 Å². The number of hydrogen-bond donors (Lipinski definition) is 2. The van der Waals surface area contributed by atoms with Crippen molar-refractivity contribution in [3.05, 3.63) is 29.8 Å². The Balaban J connectivity index is 0.00000261. The molecule has 1 aromatic carbocycles. The summed E-state index contributed by atoms with van der Waals surface area (Å²) in [5.41, 5.74) is 2.15. The summed E-state index contributed by atoms with van der Waals surface area (Å²) < 4.78 is 5.36. The van der Waals surface area contributed by atoms with Gasteiger partial charge in [0.1, 0.15) is 0 Å². The predicted octanol–water partition coefficient (Wildman–Crippen LogP) is 1.43. The fourth-order valence-electron chi connectivity index (χ4n) is 3.28. The maximum atomic E-state index is 11.8. The molecule has 27 heavy (non-hydrogen) atoms. The molecule has 2 N–H and O–H groups in total. The first kappa shape index (κ1) is 21.9. The van der Waals surface area contributed by atoms with Gasteiger partial charge in [0.2, 0.25) is 5.91 Å². The summed E-state index contributed by atoms with van der Waals surface area (Å²) >= 11 is 0. The van der Waals surface area contributed by atoms with E-state index in [1.807, 2.05) is 17.0 Å². The van der Waals surface area contributed by atoms with E-state index >= 15 is 0 Å². The minimum atomic E-state index is 0. The molecule has 1 amide bonds. The number of rotatable bonds is 6. The maximum Gasteiger partial charge on any atom is 0.227 e. The van der Waals surface area contributed by atoms with Crippen LogP contribution in [0.5, 0.6) is 0 Å². The molecule has 1 aromatic rings. The average molecular weight is 487 g/mol. The number of anilines is 1. The van der Waals surface area contributed by atoms with Crippen molar-refractivity contribution in [1.29, 1.82) is 0 Å². The number of nitrogens with one attached hydrogen (secondary N) is 2. The van der Waals surface area contributed by atoms with Gasteiger partial charge < -0.3 is 20.3 Å². The van der Waals surface area contributed by atoms with E-state index in [9.17, 15) is 4.79 Å². The van der Waals surface area contributed by atoms with E-state index in [-0.39, 0.29) is 29.9 Å². The number of carbonyl (C=O) groups is 1. The molecule has 0 radical (unpaired) electrons. The summed E-state index contributed by atoms with van der Waals surface area (Å²) in [4.78, 5) is 20.3. The Labute approximate surface area is 178 Å². The molecule has 0 atom stereocenters. The van der Waals surface area contributed by atoms with E-state index < -0.39 is 0 Å². The zero-order chi connectivity index (χ0) is 18.2. The van der Waals surface area contributed by atoms with Gasteiger partial charge in [-0.05, 0) is 24.1 Å². The van der Waals surface area contributed by atoms with Crippen LogP contribution in [0.25, 0.3) is 0 Å². The van der Waals surface area contributed by atoms with E-state index in [1.54, 1.807) is 7.05 Å². The van der Waals surface area contributed by atoms with Crippen molar-refractivity contribution in [1.82, 2.24) is 15.5 Å². The minimum Gasteiger partial charge on any atom is -0.379 e. The lowest BCUT2D eigenvalue weighted by Gasteiger charge is -2.26. The summed E-state index contributed by atoms with van der Waals surface area (Å²) in [6, 6.07) is 8.17. The molecule has 0 aliphatic carbocycles. The second-order valence-corrected chi connectivity index (χ2v) is 6.62. The second kappa shape index (κ2) is 11.5. The van der Waals surface area contributed by atoms with Gasteiger partial charge in [-0.2, -0.15) is 0 Å². The van der Waals surface area contributed by atoms with Crippen LogP contribution in [0.15, 0.2) is 29.3 Å². The van der Waals surface area contributed by atoms with E-state index in [0.717, 1.165) is 69.6 Å². The number of amides is 1. The monoisotopic (exact) mass is 487 g/mol. The van der Waals surface area contributed by atoms with Gasteiger partial charge in [-0.3, -0.25) is 14.7 Å². The Bertz CT molecular complexity index is 617. The largest absolute Gasteiger partial charge is 0.379 e. The molecule has 2 aliphatic heterocycles. The van der Waals surface area contributed by atoms with Gasteiger partial charge in [0, 0.05) is 58.4 Å². The Kier molecular flexibility index (Phi) is 9.29. The highest BCUT2D eigenvalue weighted by Crippen LogP contribution is 2.21. The topological polar surface area (TPSA) is 69.2 Å². The van der Waals surface area contributed by atoms with Gasteiger partial charge in [-0.1, -0.05) is 12.1 Å².